The van der Waals surface area contributed by atoms with E-state index in [1.165, 1.54) is 30.5 Å². The smallest absolute Gasteiger partial charge is 0.0591 e. The van der Waals surface area contributed by atoms with Gasteiger partial charge in [-0.05, 0) is 63.3 Å². The van der Waals surface area contributed by atoms with Crippen molar-refractivity contribution in [3.8, 4) is 0 Å². The van der Waals surface area contributed by atoms with E-state index < -0.39 is 0 Å². The molecule has 2 atom stereocenters. The number of nitrogens with two attached hydrogens (primary N) is 1. The van der Waals surface area contributed by atoms with Crippen LogP contribution in [0, 0.1) is 6.92 Å². The van der Waals surface area contributed by atoms with Crippen LogP contribution in [0.3, 0.4) is 0 Å². The number of ether oxygens (including phenoxy) is 1. The standard InChI is InChI=1S/C17H28N2O/c1-14-6-3-7-15(12-14)19(11-5-10-18)16-8-4-9-17(13-16)20-2/h3,6-7,12,16-17H,4-5,8-11,13,18H2,1-2H3. The minimum atomic E-state index is 0.416. The molecule has 2 N–H and O–H groups in total. The molecule has 3 nitrogen and oxygen atoms in total. The Hall–Kier alpha value is -1.06. The molecule has 20 heavy (non-hydrogen) atoms. The Bertz CT molecular complexity index is 408. The highest BCUT2D eigenvalue weighted by Gasteiger charge is 2.26. The third-order valence-corrected chi connectivity index (χ3v) is 4.31. The molecular formula is C17H28N2O. The predicted molar refractivity (Wildman–Crippen MR) is 85.2 cm³/mol. The van der Waals surface area contributed by atoms with Gasteiger partial charge in [0.15, 0.2) is 0 Å². The van der Waals surface area contributed by atoms with Crippen molar-refractivity contribution in [3.63, 3.8) is 0 Å². The van der Waals surface area contributed by atoms with Crippen LogP contribution >= 0.6 is 0 Å². The van der Waals surface area contributed by atoms with Gasteiger partial charge < -0.3 is 15.4 Å². The summed E-state index contributed by atoms with van der Waals surface area (Å²) in [5.41, 5.74) is 8.37. The lowest BCUT2D eigenvalue weighted by Crippen LogP contribution is -2.42. The van der Waals surface area contributed by atoms with Crippen molar-refractivity contribution in [2.45, 2.75) is 51.2 Å². The molecule has 112 valence electrons. The van der Waals surface area contributed by atoms with Crippen LogP contribution in [-0.2, 0) is 4.74 Å². The molecular weight excluding hydrogens is 248 g/mol. The molecule has 1 aliphatic carbocycles. The third-order valence-electron chi connectivity index (χ3n) is 4.31. The van der Waals surface area contributed by atoms with Gasteiger partial charge in [0.1, 0.15) is 0 Å². The van der Waals surface area contributed by atoms with Crippen molar-refractivity contribution in [3.05, 3.63) is 29.8 Å². The van der Waals surface area contributed by atoms with Gasteiger partial charge in [0.25, 0.3) is 0 Å². The molecule has 0 spiro atoms. The number of hydrogen-bond donors (Lipinski definition) is 1. The minimum Gasteiger partial charge on any atom is -0.381 e. The summed E-state index contributed by atoms with van der Waals surface area (Å²) in [6, 6.07) is 9.40. The van der Waals surface area contributed by atoms with Crippen LogP contribution in [0.2, 0.25) is 0 Å². The zero-order valence-corrected chi connectivity index (χ0v) is 12.8. The van der Waals surface area contributed by atoms with Crippen molar-refractivity contribution in [2.24, 2.45) is 5.73 Å². The molecule has 1 aliphatic rings. The van der Waals surface area contributed by atoms with Gasteiger partial charge in [0, 0.05) is 25.4 Å². The van der Waals surface area contributed by atoms with E-state index in [9.17, 15) is 0 Å². The van der Waals surface area contributed by atoms with Crippen molar-refractivity contribution >= 4 is 5.69 Å². The van der Waals surface area contributed by atoms with Crippen LogP contribution in [0.5, 0.6) is 0 Å². The maximum Gasteiger partial charge on any atom is 0.0591 e. The summed E-state index contributed by atoms with van der Waals surface area (Å²) in [6.07, 6.45) is 6.31. The van der Waals surface area contributed by atoms with E-state index in [4.69, 9.17) is 10.5 Å². The van der Waals surface area contributed by atoms with Gasteiger partial charge in [0.05, 0.1) is 6.10 Å². The largest absolute Gasteiger partial charge is 0.381 e. The number of hydrogen-bond acceptors (Lipinski definition) is 3. The predicted octanol–water partition coefficient (Wildman–Crippen LogP) is 3.11. The van der Waals surface area contributed by atoms with Crippen LogP contribution in [0.25, 0.3) is 0 Å². The van der Waals surface area contributed by atoms with Crippen LogP contribution in [0.1, 0.15) is 37.7 Å². The molecule has 0 aromatic heterocycles. The minimum absolute atomic E-state index is 0.416. The lowest BCUT2D eigenvalue weighted by molar-refractivity contribution is 0.0630. The maximum atomic E-state index is 5.72. The number of nitrogens with zero attached hydrogens (tertiary/aromatic N) is 1. The Morgan fingerprint density at radius 1 is 1.35 bits per heavy atom. The molecule has 0 bridgehead atoms. The Balaban J connectivity index is 2.14. The average Bonchev–Trinajstić information content (AvgIpc) is 2.48. The summed E-state index contributed by atoms with van der Waals surface area (Å²) in [5.74, 6) is 0. The molecule has 1 saturated carbocycles. The quantitative estimate of drug-likeness (QED) is 0.867. The Morgan fingerprint density at radius 2 is 2.20 bits per heavy atom. The molecule has 1 aromatic rings. The molecule has 1 fully saturated rings. The zero-order chi connectivity index (χ0) is 14.4. The maximum absolute atomic E-state index is 5.72. The average molecular weight is 276 g/mol. The number of methoxy groups -OCH3 is 1. The summed E-state index contributed by atoms with van der Waals surface area (Å²) >= 11 is 0. The molecule has 2 rings (SSSR count). The fourth-order valence-electron chi connectivity index (χ4n) is 3.21. The number of benzene rings is 1. The monoisotopic (exact) mass is 276 g/mol. The normalized spacial score (nSPS) is 22.8. The second kappa shape index (κ2) is 7.65. The molecule has 0 radical (unpaired) electrons. The first kappa shape index (κ1) is 15.3. The van der Waals surface area contributed by atoms with E-state index in [0.717, 1.165) is 25.9 Å². The molecule has 3 heteroatoms. The Labute approximate surface area is 123 Å². The first-order chi connectivity index (χ1) is 9.74. The van der Waals surface area contributed by atoms with E-state index in [1.54, 1.807) is 0 Å². The van der Waals surface area contributed by atoms with Crippen molar-refractivity contribution in [2.75, 3.05) is 25.1 Å². The highest BCUT2D eigenvalue weighted by atomic mass is 16.5. The van der Waals surface area contributed by atoms with E-state index >= 15 is 0 Å². The molecule has 0 amide bonds. The summed E-state index contributed by atoms with van der Waals surface area (Å²) in [7, 11) is 1.84. The first-order valence-corrected chi connectivity index (χ1v) is 7.80. The second-order valence-corrected chi connectivity index (χ2v) is 5.85. The van der Waals surface area contributed by atoms with Gasteiger partial charge in [-0.3, -0.25) is 0 Å². The lowest BCUT2D eigenvalue weighted by Gasteiger charge is -2.39. The molecule has 0 aliphatic heterocycles. The summed E-state index contributed by atoms with van der Waals surface area (Å²) in [5, 5.41) is 0. The number of anilines is 1. The van der Waals surface area contributed by atoms with Gasteiger partial charge in [-0.2, -0.15) is 0 Å². The Morgan fingerprint density at radius 3 is 2.90 bits per heavy atom. The van der Waals surface area contributed by atoms with Crippen LogP contribution < -0.4 is 10.6 Å². The number of aryl methyl sites for hydroxylation is 1. The van der Waals surface area contributed by atoms with E-state index in [-0.39, 0.29) is 0 Å². The van der Waals surface area contributed by atoms with Crippen molar-refractivity contribution in [1.82, 2.24) is 0 Å². The van der Waals surface area contributed by atoms with Gasteiger partial charge in [-0.15, -0.1) is 0 Å². The molecule has 1 aromatic carbocycles. The van der Waals surface area contributed by atoms with Crippen LogP contribution in [0.15, 0.2) is 24.3 Å². The van der Waals surface area contributed by atoms with Crippen LogP contribution in [-0.4, -0.2) is 32.3 Å². The highest BCUT2D eigenvalue weighted by molar-refractivity contribution is 5.49. The summed E-state index contributed by atoms with van der Waals surface area (Å²) in [6.45, 7) is 3.95. The molecule has 0 heterocycles. The van der Waals surface area contributed by atoms with Gasteiger partial charge >= 0.3 is 0 Å². The third kappa shape index (κ3) is 3.97. The van der Waals surface area contributed by atoms with E-state index in [1.807, 2.05) is 7.11 Å². The second-order valence-electron chi connectivity index (χ2n) is 5.85. The molecule has 0 saturated heterocycles. The fraction of sp³-hybridized carbons (Fsp3) is 0.647. The summed E-state index contributed by atoms with van der Waals surface area (Å²) < 4.78 is 5.58. The number of rotatable bonds is 6. The van der Waals surface area contributed by atoms with Gasteiger partial charge in [-0.25, -0.2) is 0 Å². The van der Waals surface area contributed by atoms with Crippen molar-refractivity contribution < 1.29 is 4.74 Å². The fourth-order valence-corrected chi connectivity index (χ4v) is 3.21. The zero-order valence-electron chi connectivity index (χ0n) is 12.8. The molecule has 2 unspecified atom stereocenters. The first-order valence-electron chi connectivity index (χ1n) is 7.80. The lowest BCUT2D eigenvalue weighted by atomic mass is 9.91. The van der Waals surface area contributed by atoms with Crippen LogP contribution in [0.4, 0.5) is 5.69 Å². The highest BCUT2D eigenvalue weighted by Crippen LogP contribution is 2.29. The van der Waals surface area contributed by atoms with Gasteiger partial charge in [-0.1, -0.05) is 12.1 Å². The van der Waals surface area contributed by atoms with E-state index in [0.29, 0.717) is 12.1 Å². The van der Waals surface area contributed by atoms with E-state index in [2.05, 4.69) is 36.1 Å². The van der Waals surface area contributed by atoms with Gasteiger partial charge in [0.2, 0.25) is 0 Å². The topological polar surface area (TPSA) is 38.5 Å². The summed E-state index contributed by atoms with van der Waals surface area (Å²) in [4.78, 5) is 2.55. The van der Waals surface area contributed by atoms with Crippen molar-refractivity contribution in [1.29, 1.82) is 0 Å². The Kier molecular flexibility index (Phi) is 5.86. The SMILES string of the molecule is COC1CCCC(N(CCCN)c2cccc(C)c2)C1.